The number of methoxy groups -OCH3 is 1. The summed E-state index contributed by atoms with van der Waals surface area (Å²) in [6.07, 6.45) is 1.44. The number of halogens is 1. The van der Waals surface area contributed by atoms with Crippen LogP contribution in [0.5, 0.6) is 5.75 Å². The summed E-state index contributed by atoms with van der Waals surface area (Å²) in [4.78, 5) is 10.1. The molecule has 0 fully saturated rings. The number of anilines is 1. The predicted molar refractivity (Wildman–Crippen MR) is 76.9 cm³/mol. The molecule has 0 N–H and O–H groups in total. The van der Waals surface area contributed by atoms with Crippen molar-refractivity contribution in [2.45, 2.75) is 13.5 Å². The Morgan fingerprint density at radius 1 is 1.21 bits per heavy atom. The molecule has 19 heavy (non-hydrogen) atoms. The number of nitrogens with zero attached hydrogens (tertiary/aromatic N) is 3. The smallest absolute Gasteiger partial charge is 0.199 e. The van der Waals surface area contributed by atoms with E-state index < -0.39 is 0 Å². The molecule has 0 amide bonds. The van der Waals surface area contributed by atoms with Crippen LogP contribution in [0.25, 0.3) is 0 Å². The van der Waals surface area contributed by atoms with Gasteiger partial charge in [-0.15, -0.1) is 0 Å². The average molecular weight is 278 g/mol. The van der Waals surface area contributed by atoms with Gasteiger partial charge in [0.15, 0.2) is 16.7 Å². The van der Waals surface area contributed by atoms with Crippen LogP contribution in [-0.2, 0) is 6.54 Å². The highest BCUT2D eigenvalue weighted by molar-refractivity contribution is 6.31. The third kappa shape index (κ3) is 3.15. The van der Waals surface area contributed by atoms with Crippen molar-refractivity contribution in [2.24, 2.45) is 0 Å². The van der Waals surface area contributed by atoms with Gasteiger partial charge in [0.05, 0.1) is 7.11 Å². The van der Waals surface area contributed by atoms with Crippen LogP contribution in [0.15, 0.2) is 30.6 Å². The lowest BCUT2D eigenvalue weighted by molar-refractivity contribution is 0.411. The standard InChI is InChI=1S/C14H16ClN3O/c1-10-4-6-11(7-5-10)8-18(2)14-12(19-3)13(15)16-9-17-14/h4-7,9H,8H2,1-3H3. The molecule has 100 valence electrons. The maximum atomic E-state index is 5.99. The zero-order valence-electron chi connectivity index (χ0n) is 11.2. The van der Waals surface area contributed by atoms with Crippen LogP contribution in [0.3, 0.4) is 0 Å². The number of ether oxygens (including phenoxy) is 1. The van der Waals surface area contributed by atoms with Gasteiger partial charge in [-0.25, -0.2) is 9.97 Å². The lowest BCUT2D eigenvalue weighted by atomic mass is 10.1. The fourth-order valence-corrected chi connectivity index (χ4v) is 2.04. The molecule has 2 rings (SSSR count). The van der Waals surface area contributed by atoms with Gasteiger partial charge in [-0.05, 0) is 12.5 Å². The van der Waals surface area contributed by atoms with E-state index in [0.717, 1.165) is 6.54 Å². The summed E-state index contributed by atoms with van der Waals surface area (Å²) in [6, 6.07) is 8.38. The highest BCUT2D eigenvalue weighted by Gasteiger charge is 2.14. The number of rotatable bonds is 4. The van der Waals surface area contributed by atoms with Crippen LogP contribution in [-0.4, -0.2) is 24.1 Å². The minimum atomic E-state index is 0.322. The second kappa shape index (κ2) is 5.89. The number of aryl methyl sites for hydroxylation is 1. The lowest BCUT2D eigenvalue weighted by Gasteiger charge is -2.20. The van der Waals surface area contributed by atoms with E-state index in [1.165, 1.54) is 17.5 Å². The van der Waals surface area contributed by atoms with Gasteiger partial charge in [-0.3, -0.25) is 0 Å². The van der Waals surface area contributed by atoms with E-state index in [1.54, 1.807) is 7.11 Å². The molecule has 0 saturated carbocycles. The van der Waals surface area contributed by atoms with Gasteiger partial charge in [0, 0.05) is 13.6 Å². The monoisotopic (exact) mass is 277 g/mol. The fourth-order valence-electron chi connectivity index (χ4n) is 1.83. The molecule has 0 spiro atoms. The summed E-state index contributed by atoms with van der Waals surface area (Å²) < 4.78 is 5.26. The fraction of sp³-hybridized carbons (Fsp3) is 0.286. The Bertz CT molecular complexity index is 557. The Labute approximate surface area is 118 Å². The molecule has 0 bridgehead atoms. The van der Waals surface area contributed by atoms with E-state index >= 15 is 0 Å². The molecule has 0 saturated heterocycles. The summed E-state index contributed by atoms with van der Waals surface area (Å²) in [5.41, 5.74) is 2.44. The first kappa shape index (κ1) is 13.6. The first-order chi connectivity index (χ1) is 9.11. The molecule has 0 aliphatic heterocycles. The van der Waals surface area contributed by atoms with Crippen molar-refractivity contribution in [1.82, 2.24) is 9.97 Å². The molecule has 0 aliphatic carbocycles. The molecule has 1 aromatic heterocycles. The number of benzene rings is 1. The van der Waals surface area contributed by atoms with Gasteiger partial charge in [0.1, 0.15) is 6.33 Å². The van der Waals surface area contributed by atoms with Crippen LogP contribution in [0.2, 0.25) is 5.15 Å². The normalized spacial score (nSPS) is 10.3. The molecule has 0 unspecified atom stereocenters. The van der Waals surface area contributed by atoms with Gasteiger partial charge in [0.25, 0.3) is 0 Å². The minimum Gasteiger partial charge on any atom is -0.490 e. The SMILES string of the molecule is COc1c(Cl)ncnc1N(C)Cc1ccc(C)cc1. The van der Waals surface area contributed by atoms with Crippen LogP contribution in [0, 0.1) is 6.92 Å². The molecule has 4 nitrogen and oxygen atoms in total. The van der Waals surface area contributed by atoms with E-state index in [-0.39, 0.29) is 0 Å². The van der Waals surface area contributed by atoms with Gasteiger partial charge < -0.3 is 9.64 Å². The Hall–Kier alpha value is -1.81. The van der Waals surface area contributed by atoms with E-state index in [1.807, 2.05) is 11.9 Å². The van der Waals surface area contributed by atoms with Gasteiger partial charge >= 0.3 is 0 Å². The molecule has 5 heteroatoms. The molecule has 0 aliphatic rings. The molecule has 1 aromatic carbocycles. The molecular formula is C14H16ClN3O. The summed E-state index contributed by atoms with van der Waals surface area (Å²) in [5.74, 6) is 1.18. The second-order valence-electron chi connectivity index (χ2n) is 4.36. The van der Waals surface area contributed by atoms with Crippen molar-refractivity contribution in [1.29, 1.82) is 0 Å². The quantitative estimate of drug-likeness (QED) is 0.805. The molecular weight excluding hydrogens is 262 g/mol. The number of hydrogen-bond acceptors (Lipinski definition) is 4. The third-order valence-electron chi connectivity index (χ3n) is 2.85. The molecule has 2 aromatic rings. The van der Waals surface area contributed by atoms with Crippen molar-refractivity contribution in [3.63, 3.8) is 0 Å². The Morgan fingerprint density at radius 2 is 1.89 bits per heavy atom. The first-order valence-corrected chi connectivity index (χ1v) is 6.30. The summed E-state index contributed by atoms with van der Waals surface area (Å²) in [6.45, 7) is 2.80. The van der Waals surface area contributed by atoms with Crippen molar-refractivity contribution in [3.05, 3.63) is 46.9 Å². The van der Waals surface area contributed by atoms with Gasteiger partial charge in [-0.1, -0.05) is 41.4 Å². The van der Waals surface area contributed by atoms with Crippen LogP contribution >= 0.6 is 11.6 Å². The van der Waals surface area contributed by atoms with Gasteiger partial charge in [0.2, 0.25) is 0 Å². The molecule has 1 heterocycles. The summed E-state index contributed by atoms with van der Waals surface area (Å²) in [7, 11) is 3.51. The Morgan fingerprint density at radius 3 is 2.53 bits per heavy atom. The van der Waals surface area contributed by atoms with Crippen molar-refractivity contribution < 1.29 is 4.74 Å². The van der Waals surface area contributed by atoms with Gasteiger partial charge in [-0.2, -0.15) is 0 Å². The largest absolute Gasteiger partial charge is 0.490 e. The lowest BCUT2D eigenvalue weighted by Crippen LogP contribution is -2.18. The highest BCUT2D eigenvalue weighted by Crippen LogP contribution is 2.31. The zero-order chi connectivity index (χ0) is 13.8. The predicted octanol–water partition coefficient (Wildman–Crippen LogP) is 3.08. The Kier molecular flexibility index (Phi) is 4.22. The summed E-state index contributed by atoms with van der Waals surface area (Å²) in [5, 5.41) is 0.322. The summed E-state index contributed by atoms with van der Waals surface area (Å²) >= 11 is 5.99. The molecule has 0 atom stereocenters. The van der Waals surface area contributed by atoms with Crippen molar-refractivity contribution in [2.75, 3.05) is 19.1 Å². The maximum absolute atomic E-state index is 5.99. The van der Waals surface area contributed by atoms with Crippen molar-refractivity contribution >= 4 is 17.4 Å². The number of aromatic nitrogens is 2. The van der Waals surface area contributed by atoms with Crippen molar-refractivity contribution in [3.8, 4) is 5.75 Å². The van der Waals surface area contributed by atoms with Crippen LogP contribution < -0.4 is 9.64 Å². The topological polar surface area (TPSA) is 38.3 Å². The van der Waals surface area contributed by atoms with Crippen LogP contribution in [0.4, 0.5) is 5.82 Å². The maximum Gasteiger partial charge on any atom is 0.199 e. The van der Waals surface area contributed by atoms with E-state index in [4.69, 9.17) is 16.3 Å². The highest BCUT2D eigenvalue weighted by atomic mass is 35.5. The second-order valence-corrected chi connectivity index (χ2v) is 4.72. The molecule has 0 radical (unpaired) electrons. The number of hydrogen-bond donors (Lipinski definition) is 0. The minimum absolute atomic E-state index is 0.322. The average Bonchev–Trinajstić information content (AvgIpc) is 2.41. The Balaban J connectivity index is 2.22. The zero-order valence-corrected chi connectivity index (χ0v) is 12.0. The third-order valence-corrected chi connectivity index (χ3v) is 3.12. The van der Waals surface area contributed by atoms with E-state index in [9.17, 15) is 0 Å². The van der Waals surface area contributed by atoms with E-state index in [0.29, 0.717) is 16.7 Å². The first-order valence-electron chi connectivity index (χ1n) is 5.93. The van der Waals surface area contributed by atoms with E-state index in [2.05, 4.69) is 41.2 Å². The van der Waals surface area contributed by atoms with Crippen LogP contribution in [0.1, 0.15) is 11.1 Å².